The molecule has 2 bridgehead atoms. The number of amides is 1. The van der Waals surface area contributed by atoms with Crippen LogP contribution < -0.4 is 11.1 Å². The second-order valence-corrected chi connectivity index (χ2v) is 6.71. The Kier molecular flexibility index (Phi) is 5.35. The third kappa shape index (κ3) is 3.39. The minimum Gasteiger partial charge on any atom is -0.506 e. The van der Waals surface area contributed by atoms with Crippen LogP contribution in [0.25, 0.3) is 0 Å². The standard InChI is InChI=1S/C17H24N2O2.ClH/c1-10-5-6-14(15(20)7-10)19-17(21)13-8-11-3-2-4-12(9-13)16(11)18;/h5-7,11-13,16,20H,2-4,8-9,18H2,1H3,(H,19,21);1H. The average Bonchev–Trinajstić information content (AvgIpc) is 2.41. The maximum atomic E-state index is 12.5. The summed E-state index contributed by atoms with van der Waals surface area (Å²) in [5, 5.41) is 12.8. The maximum absolute atomic E-state index is 12.5. The van der Waals surface area contributed by atoms with Gasteiger partial charge in [0.2, 0.25) is 5.91 Å². The van der Waals surface area contributed by atoms with Crippen molar-refractivity contribution in [2.24, 2.45) is 23.5 Å². The van der Waals surface area contributed by atoms with E-state index in [1.165, 1.54) is 6.42 Å². The van der Waals surface area contributed by atoms with E-state index < -0.39 is 0 Å². The largest absolute Gasteiger partial charge is 0.506 e. The molecule has 1 amide bonds. The molecule has 122 valence electrons. The highest BCUT2D eigenvalue weighted by atomic mass is 35.5. The summed E-state index contributed by atoms with van der Waals surface area (Å²) >= 11 is 0. The number of phenolic OH excluding ortho intramolecular Hbond substituents is 1. The number of nitrogens with one attached hydrogen (secondary N) is 1. The molecule has 0 heterocycles. The number of hydrogen-bond acceptors (Lipinski definition) is 3. The molecule has 2 aliphatic carbocycles. The number of fused-ring (bicyclic) bond motifs is 2. The van der Waals surface area contributed by atoms with Crippen LogP contribution >= 0.6 is 12.4 Å². The Morgan fingerprint density at radius 1 is 1.27 bits per heavy atom. The van der Waals surface area contributed by atoms with Gasteiger partial charge in [0.25, 0.3) is 0 Å². The zero-order chi connectivity index (χ0) is 15.0. The van der Waals surface area contributed by atoms with Gasteiger partial charge in [0, 0.05) is 12.0 Å². The Balaban J connectivity index is 0.00000176. The van der Waals surface area contributed by atoms with E-state index in [0.717, 1.165) is 31.2 Å². The smallest absolute Gasteiger partial charge is 0.227 e. The van der Waals surface area contributed by atoms with Crippen molar-refractivity contribution in [1.82, 2.24) is 0 Å². The van der Waals surface area contributed by atoms with Crippen LogP contribution in [0.4, 0.5) is 5.69 Å². The van der Waals surface area contributed by atoms with Crippen LogP contribution in [0.1, 0.15) is 37.7 Å². The minimum absolute atomic E-state index is 0. The fourth-order valence-electron chi connectivity index (χ4n) is 3.99. The summed E-state index contributed by atoms with van der Waals surface area (Å²) < 4.78 is 0. The summed E-state index contributed by atoms with van der Waals surface area (Å²) in [4.78, 5) is 12.5. The second-order valence-electron chi connectivity index (χ2n) is 6.71. The number of carbonyl (C=O) groups excluding carboxylic acids is 1. The zero-order valence-corrected chi connectivity index (χ0v) is 13.7. The number of phenols is 1. The molecule has 0 radical (unpaired) electrons. The van der Waals surface area contributed by atoms with E-state index in [-0.39, 0.29) is 36.0 Å². The topological polar surface area (TPSA) is 75.4 Å². The van der Waals surface area contributed by atoms with Crippen molar-refractivity contribution in [2.45, 2.75) is 45.1 Å². The van der Waals surface area contributed by atoms with Crippen LogP contribution in [0.2, 0.25) is 0 Å². The van der Waals surface area contributed by atoms with Crippen LogP contribution in [0.3, 0.4) is 0 Å². The number of aryl methyl sites for hydroxylation is 1. The first kappa shape index (κ1) is 17.1. The van der Waals surface area contributed by atoms with Crippen molar-refractivity contribution in [3.05, 3.63) is 23.8 Å². The van der Waals surface area contributed by atoms with Crippen molar-refractivity contribution < 1.29 is 9.90 Å². The van der Waals surface area contributed by atoms with Gasteiger partial charge < -0.3 is 16.2 Å². The van der Waals surface area contributed by atoms with Gasteiger partial charge in [-0.25, -0.2) is 0 Å². The molecule has 4 N–H and O–H groups in total. The van der Waals surface area contributed by atoms with Crippen molar-refractivity contribution in [3.8, 4) is 5.75 Å². The molecule has 2 fully saturated rings. The molecular formula is C17H25ClN2O2. The number of rotatable bonds is 2. The van der Waals surface area contributed by atoms with E-state index in [2.05, 4.69) is 5.32 Å². The van der Waals surface area contributed by atoms with Gasteiger partial charge >= 0.3 is 0 Å². The quantitative estimate of drug-likeness (QED) is 0.731. The second kappa shape index (κ2) is 6.88. The lowest BCUT2D eigenvalue weighted by atomic mass is 9.65. The molecule has 2 unspecified atom stereocenters. The molecule has 4 nitrogen and oxygen atoms in total. The summed E-state index contributed by atoms with van der Waals surface area (Å²) in [6.07, 6.45) is 5.32. The Morgan fingerprint density at radius 3 is 2.50 bits per heavy atom. The van der Waals surface area contributed by atoms with Crippen molar-refractivity contribution in [3.63, 3.8) is 0 Å². The zero-order valence-electron chi connectivity index (χ0n) is 12.9. The van der Waals surface area contributed by atoms with Crippen LogP contribution in [0, 0.1) is 24.7 Å². The molecule has 22 heavy (non-hydrogen) atoms. The number of benzene rings is 1. The van der Waals surface area contributed by atoms with E-state index in [1.54, 1.807) is 12.1 Å². The summed E-state index contributed by atoms with van der Waals surface area (Å²) in [7, 11) is 0. The third-order valence-corrected chi connectivity index (χ3v) is 5.19. The lowest BCUT2D eigenvalue weighted by molar-refractivity contribution is -0.122. The number of anilines is 1. The summed E-state index contributed by atoms with van der Waals surface area (Å²) in [6.45, 7) is 1.91. The van der Waals surface area contributed by atoms with Crippen LogP contribution in [0.5, 0.6) is 5.75 Å². The highest BCUT2D eigenvalue weighted by Gasteiger charge is 2.40. The number of hydrogen-bond donors (Lipinski definition) is 3. The lowest BCUT2D eigenvalue weighted by Gasteiger charge is -2.43. The van der Waals surface area contributed by atoms with Crippen molar-refractivity contribution >= 4 is 24.0 Å². The Labute approximate surface area is 137 Å². The van der Waals surface area contributed by atoms with Gasteiger partial charge in [0.15, 0.2) is 0 Å². The van der Waals surface area contributed by atoms with Crippen LogP contribution in [-0.2, 0) is 4.79 Å². The predicted octanol–water partition coefficient (Wildman–Crippen LogP) is 3.21. The van der Waals surface area contributed by atoms with E-state index in [9.17, 15) is 9.90 Å². The van der Waals surface area contributed by atoms with Gasteiger partial charge in [-0.15, -0.1) is 12.4 Å². The Morgan fingerprint density at radius 2 is 1.91 bits per heavy atom. The number of halogens is 1. The van der Waals surface area contributed by atoms with E-state index in [4.69, 9.17) is 5.73 Å². The summed E-state index contributed by atoms with van der Waals surface area (Å²) in [6, 6.07) is 5.59. The van der Waals surface area contributed by atoms with Gasteiger partial charge in [-0.3, -0.25) is 4.79 Å². The normalized spacial score (nSPS) is 30.3. The fraction of sp³-hybridized carbons (Fsp3) is 0.588. The molecule has 1 aromatic carbocycles. The Hall–Kier alpha value is -1.26. The molecule has 2 aliphatic rings. The lowest BCUT2D eigenvalue weighted by Crippen LogP contribution is -2.48. The van der Waals surface area contributed by atoms with Crippen molar-refractivity contribution in [2.75, 3.05) is 5.32 Å². The highest BCUT2D eigenvalue weighted by molar-refractivity contribution is 5.94. The minimum atomic E-state index is 0. The molecule has 0 aliphatic heterocycles. The monoisotopic (exact) mass is 324 g/mol. The van der Waals surface area contributed by atoms with Gasteiger partial charge in [0.05, 0.1) is 5.69 Å². The maximum Gasteiger partial charge on any atom is 0.227 e. The molecule has 1 aromatic rings. The first-order chi connectivity index (χ1) is 10.0. The van der Waals surface area contributed by atoms with Gasteiger partial charge in [-0.2, -0.15) is 0 Å². The number of nitrogens with two attached hydrogens (primary N) is 1. The van der Waals surface area contributed by atoms with Gasteiger partial charge in [-0.05, 0) is 62.1 Å². The number of aromatic hydroxyl groups is 1. The first-order valence-corrected chi connectivity index (χ1v) is 7.90. The van der Waals surface area contributed by atoms with Crippen molar-refractivity contribution in [1.29, 1.82) is 0 Å². The molecular weight excluding hydrogens is 300 g/mol. The number of carbonyl (C=O) groups is 1. The molecule has 0 spiro atoms. The molecule has 2 saturated carbocycles. The van der Waals surface area contributed by atoms with E-state index in [0.29, 0.717) is 17.5 Å². The SMILES string of the molecule is Cc1ccc(NC(=O)C2CC3CCCC(C2)C3N)c(O)c1.Cl. The third-order valence-electron chi connectivity index (χ3n) is 5.19. The van der Waals surface area contributed by atoms with Crippen LogP contribution in [-0.4, -0.2) is 17.1 Å². The molecule has 5 heteroatoms. The van der Waals surface area contributed by atoms with Crippen LogP contribution in [0.15, 0.2) is 18.2 Å². The van der Waals surface area contributed by atoms with Gasteiger partial charge in [-0.1, -0.05) is 12.5 Å². The summed E-state index contributed by atoms with van der Waals surface area (Å²) in [5.74, 6) is 1.16. The molecule has 0 saturated heterocycles. The van der Waals surface area contributed by atoms with Gasteiger partial charge in [0.1, 0.15) is 5.75 Å². The molecule has 3 rings (SSSR count). The first-order valence-electron chi connectivity index (χ1n) is 7.90. The summed E-state index contributed by atoms with van der Waals surface area (Å²) in [5.41, 5.74) is 7.75. The Bertz CT molecular complexity index is 535. The highest BCUT2D eigenvalue weighted by Crippen LogP contribution is 2.42. The average molecular weight is 325 g/mol. The van der Waals surface area contributed by atoms with E-state index in [1.807, 2.05) is 13.0 Å². The molecule has 0 aromatic heterocycles. The molecule has 2 atom stereocenters. The fourth-order valence-corrected chi connectivity index (χ4v) is 3.99. The van der Waals surface area contributed by atoms with E-state index >= 15 is 0 Å². The predicted molar refractivity (Wildman–Crippen MR) is 90.3 cm³/mol.